The quantitative estimate of drug-likeness (QED) is 0.562. The van der Waals surface area contributed by atoms with Crippen molar-refractivity contribution in [3.63, 3.8) is 0 Å². The van der Waals surface area contributed by atoms with Gasteiger partial charge in [-0.2, -0.15) is 0 Å². The molecule has 0 aliphatic carbocycles. The van der Waals surface area contributed by atoms with Crippen LogP contribution in [0.3, 0.4) is 0 Å². The van der Waals surface area contributed by atoms with E-state index in [1.807, 2.05) is 0 Å². The van der Waals surface area contributed by atoms with Gasteiger partial charge in [0.2, 0.25) is 10.0 Å². The predicted octanol–water partition coefficient (Wildman–Crippen LogP) is 1.46. The maximum atomic E-state index is 12.4. The van der Waals surface area contributed by atoms with E-state index in [1.54, 1.807) is 6.07 Å². The first kappa shape index (κ1) is 17.3. The molecule has 1 aromatic rings. The number of carbonyl (C=O) groups excluding carboxylic acids is 2. The predicted molar refractivity (Wildman–Crippen MR) is 77.5 cm³/mol. The van der Waals surface area contributed by atoms with Crippen molar-refractivity contribution in [2.45, 2.75) is 24.7 Å². The average Bonchev–Trinajstić information content (AvgIpc) is 2.46. The molecule has 0 amide bonds. The highest BCUT2D eigenvalue weighted by atomic mass is 32.2. The van der Waals surface area contributed by atoms with E-state index in [9.17, 15) is 18.0 Å². The number of Topliss-reactive ketones (excluding diaryl/α,β-unsaturated/α-hetero) is 1. The van der Waals surface area contributed by atoms with Crippen LogP contribution >= 0.6 is 0 Å². The molecule has 0 fully saturated rings. The standard InChI is InChI=1S/C14H19NO5S/c1-11(16)12-6-4-7-13(10-12)21(18,19)15(2)9-5-8-14(17)20-3/h4,6-7,10H,5,8-9H2,1-3H3. The fraction of sp³-hybridized carbons (Fsp3) is 0.429. The molecule has 0 spiro atoms. The number of rotatable bonds is 7. The van der Waals surface area contributed by atoms with Crippen LogP contribution in [-0.2, 0) is 19.6 Å². The van der Waals surface area contributed by atoms with Crippen LogP contribution in [0.25, 0.3) is 0 Å². The van der Waals surface area contributed by atoms with Crippen LogP contribution in [0.4, 0.5) is 0 Å². The Morgan fingerprint density at radius 1 is 1.29 bits per heavy atom. The highest BCUT2D eigenvalue weighted by molar-refractivity contribution is 7.89. The number of hydrogen-bond donors (Lipinski definition) is 0. The van der Waals surface area contributed by atoms with E-state index in [0.29, 0.717) is 12.0 Å². The van der Waals surface area contributed by atoms with Gasteiger partial charge in [-0.05, 0) is 25.5 Å². The summed E-state index contributed by atoms with van der Waals surface area (Å²) < 4.78 is 30.4. The minimum absolute atomic E-state index is 0.0655. The van der Waals surface area contributed by atoms with E-state index >= 15 is 0 Å². The number of nitrogens with zero attached hydrogens (tertiary/aromatic N) is 1. The second-order valence-electron chi connectivity index (χ2n) is 4.59. The van der Waals surface area contributed by atoms with Gasteiger partial charge < -0.3 is 4.74 Å². The minimum Gasteiger partial charge on any atom is -0.469 e. The molecule has 0 heterocycles. The van der Waals surface area contributed by atoms with E-state index in [4.69, 9.17) is 0 Å². The number of ketones is 1. The SMILES string of the molecule is COC(=O)CCCN(C)S(=O)(=O)c1cccc(C(C)=O)c1. The zero-order valence-corrected chi connectivity index (χ0v) is 13.1. The minimum atomic E-state index is -3.67. The van der Waals surface area contributed by atoms with Crippen molar-refractivity contribution in [1.29, 1.82) is 0 Å². The fourth-order valence-corrected chi connectivity index (χ4v) is 2.98. The molecule has 0 atom stereocenters. The van der Waals surface area contributed by atoms with Crippen LogP contribution in [0.2, 0.25) is 0 Å². The second-order valence-corrected chi connectivity index (χ2v) is 6.64. The highest BCUT2D eigenvalue weighted by Crippen LogP contribution is 2.16. The van der Waals surface area contributed by atoms with Crippen LogP contribution in [0, 0.1) is 0 Å². The largest absolute Gasteiger partial charge is 0.469 e. The third-order valence-corrected chi connectivity index (χ3v) is 4.88. The summed E-state index contributed by atoms with van der Waals surface area (Å²) in [6.45, 7) is 1.58. The molecule has 0 unspecified atom stereocenters. The molecular weight excluding hydrogens is 294 g/mol. The number of ether oxygens (including phenoxy) is 1. The maximum absolute atomic E-state index is 12.4. The van der Waals surface area contributed by atoms with Gasteiger partial charge in [-0.1, -0.05) is 12.1 Å². The Hall–Kier alpha value is -1.73. The molecule has 0 saturated carbocycles. The van der Waals surface area contributed by atoms with Gasteiger partial charge in [0.1, 0.15) is 0 Å². The topological polar surface area (TPSA) is 80.8 Å². The molecular formula is C14H19NO5S. The van der Waals surface area contributed by atoms with Crippen LogP contribution in [0.15, 0.2) is 29.2 Å². The Morgan fingerprint density at radius 2 is 1.95 bits per heavy atom. The normalized spacial score (nSPS) is 11.4. The summed E-state index contributed by atoms with van der Waals surface area (Å²) in [4.78, 5) is 22.4. The van der Waals surface area contributed by atoms with Crippen LogP contribution in [0.1, 0.15) is 30.1 Å². The third kappa shape index (κ3) is 4.64. The Kier molecular flexibility index (Phi) is 6.04. The van der Waals surface area contributed by atoms with Gasteiger partial charge in [-0.25, -0.2) is 12.7 Å². The summed E-state index contributed by atoms with van der Waals surface area (Å²) in [5.41, 5.74) is 0.346. The third-order valence-electron chi connectivity index (χ3n) is 3.03. The van der Waals surface area contributed by atoms with Crippen molar-refractivity contribution in [2.75, 3.05) is 20.7 Å². The lowest BCUT2D eigenvalue weighted by atomic mass is 10.2. The van der Waals surface area contributed by atoms with E-state index < -0.39 is 10.0 Å². The molecule has 1 rings (SSSR count). The summed E-state index contributed by atoms with van der Waals surface area (Å²) in [5, 5.41) is 0. The first-order valence-electron chi connectivity index (χ1n) is 6.43. The number of sulfonamides is 1. The lowest BCUT2D eigenvalue weighted by Crippen LogP contribution is -2.28. The van der Waals surface area contributed by atoms with Crippen molar-refractivity contribution in [3.05, 3.63) is 29.8 Å². The molecule has 0 aliphatic rings. The zero-order valence-electron chi connectivity index (χ0n) is 12.3. The van der Waals surface area contributed by atoms with Gasteiger partial charge in [-0.3, -0.25) is 9.59 Å². The summed E-state index contributed by atoms with van der Waals surface area (Å²) in [6.07, 6.45) is 0.526. The van der Waals surface area contributed by atoms with Crippen molar-refractivity contribution >= 4 is 21.8 Å². The summed E-state index contributed by atoms with van der Waals surface area (Å²) >= 11 is 0. The summed E-state index contributed by atoms with van der Waals surface area (Å²) in [6, 6.07) is 5.90. The Morgan fingerprint density at radius 3 is 2.52 bits per heavy atom. The average molecular weight is 313 g/mol. The van der Waals surface area contributed by atoms with Crippen LogP contribution < -0.4 is 0 Å². The van der Waals surface area contributed by atoms with Gasteiger partial charge in [0, 0.05) is 25.6 Å². The Bertz CT molecular complexity index is 624. The number of carbonyl (C=O) groups is 2. The Labute approximate surface area is 124 Å². The van der Waals surface area contributed by atoms with Crippen LogP contribution in [0.5, 0.6) is 0 Å². The summed E-state index contributed by atoms with van der Waals surface area (Å²) in [5.74, 6) is -0.570. The van der Waals surface area contributed by atoms with E-state index in [-0.39, 0.29) is 29.6 Å². The van der Waals surface area contributed by atoms with E-state index in [0.717, 1.165) is 4.31 Å². The molecule has 0 aliphatic heterocycles. The molecule has 1 aromatic carbocycles. The maximum Gasteiger partial charge on any atom is 0.305 e. The molecule has 6 nitrogen and oxygen atoms in total. The lowest BCUT2D eigenvalue weighted by molar-refractivity contribution is -0.140. The number of benzene rings is 1. The van der Waals surface area contributed by atoms with Gasteiger partial charge in [0.05, 0.1) is 12.0 Å². The first-order chi connectivity index (χ1) is 9.78. The molecule has 21 heavy (non-hydrogen) atoms. The first-order valence-corrected chi connectivity index (χ1v) is 7.87. The van der Waals surface area contributed by atoms with Crippen molar-refractivity contribution in [3.8, 4) is 0 Å². The molecule has 7 heteroatoms. The fourth-order valence-electron chi connectivity index (χ4n) is 1.72. The lowest BCUT2D eigenvalue weighted by Gasteiger charge is -2.17. The smallest absolute Gasteiger partial charge is 0.305 e. The Balaban J connectivity index is 2.82. The molecule has 0 bridgehead atoms. The molecule has 0 radical (unpaired) electrons. The highest BCUT2D eigenvalue weighted by Gasteiger charge is 2.21. The summed E-state index contributed by atoms with van der Waals surface area (Å²) in [7, 11) is -0.945. The number of methoxy groups -OCH3 is 1. The van der Waals surface area contributed by atoms with Gasteiger partial charge in [0.25, 0.3) is 0 Å². The van der Waals surface area contributed by atoms with Crippen molar-refractivity contribution < 1.29 is 22.7 Å². The van der Waals surface area contributed by atoms with Crippen LogP contribution in [-0.4, -0.2) is 45.2 Å². The molecule has 0 aromatic heterocycles. The second kappa shape index (κ2) is 7.33. The van der Waals surface area contributed by atoms with Gasteiger partial charge >= 0.3 is 5.97 Å². The van der Waals surface area contributed by atoms with Gasteiger partial charge in [-0.15, -0.1) is 0 Å². The van der Waals surface area contributed by atoms with Crippen molar-refractivity contribution in [1.82, 2.24) is 4.31 Å². The van der Waals surface area contributed by atoms with Crippen molar-refractivity contribution in [2.24, 2.45) is 0 Å². The molecule has 0 N–H and O–H groups in total. The monoisotopic (exact) mass is 313 g/mol. The van der Waals surface area contributed by atoms with E-state index in [2.05, 4.69) is 4.74 Å². The molecule has 116 valence electrons. The molecule has 0 saturated heterocycles. The number of esters is 1. The zero-order chi connectivity index (χ0) is 16.0. The van der Waals surface area contributed by atoms with Gasteiger partial charge in [0.15, 0.2) is 5.78 Å². The van der Waals surface area contributed by atoms with E-state index in [1.165, 1.54) is 39.3 Å². The number of hydrogen-bond acceptors (Lipinski definition) is 5.